The number of fused-ring (bicyclic) bond motifs is 1. The number of Topliss-reactive ketones (excluding diaryl/α,β-unsaturated/α-hetero) is 1. The van der Waals surface area contributed by atoms with Crippen molar-refractivity contribution in [3.8, 4) is 5.75 Å². The third kappa shape index (κ3) is 5.13. The van der Waals surface area contributed by atoms with Gasteiger partial charge in [-0.3, -0.25) is 4.79 Å². The number of carbonyl (C=O) groups is 1. The lowest BCUT2D eigenvalue weighted by atomic mass is 9.83. The number of ether oxygens (including phenoxy) is 1. The van der Waals surface area contributed by atoms with E-state index in [0.717, 1.165) is 63.2 Å². The van der Waals surface area contributed by atoms with Crippen LogP contribution in [0, 0.1) is 5.92 Å². The van der Waals surface area contributed by atoms with Gasteiger partial charge in [-0.1, -0.05) is 26.7 Å². The zero-order valence-electron chi connectivity index (χ0n) is 17.4. The highest BCUT2D eigenvalue weighted by Gasteiger charge is 2.27. The van der Waals surface area contributed by atoms with E-state index in [9.17, 15) is 4.79 Å². The van der Waals surface area contributed by atoms with Crippen LogP contribution in [-0.2, 0) is 12.8 Å². The molecule has 0 bridgehead atoms. The molecule has 1 aliphatic carbocycles. The van der Waals surface area contributed by atoms with Gasteiger partial charge in [0.25, 0.3) is 0 Å². The molecule has 1 aromatic rings. The monoisotopic (exact) mass is 371 g/mol. The highest BCUT2D eigenvalue weighted by molar-refractivity contribution is 6.00. The maximum absolute atomic E-state index is 13.4. The second kappa shape index (κ2) is 10.3. The Kier molecular flexibility index (Phi) is 7.75. The predicted octanol–water partition coefficient (Wildman–Crippen LogP) is 5.44. The zero-order valence-corrected chi connectivity index (χ0v) is 17.4. The summed E-state index contributed by atoms with van der Waals surface area (Å²) < 4.78 is 6.12. The van der Waals surface area contributed by atoms with E-state index in [0.29, 0.717) is 5.78 Å². The second-order valence-electron chi connectivity index (χ2n) is 8.31. The molecule has 0 radical (unpaired) electrons. The number of rotatable bonds is 10. The standard InChI is InChI=1S/C24H37NO2/c1-3-5-10-17-27-23-14-13-22(20-11-6-7-12-21(20)23)24(26)19(4-2)18-25-15-8-9-16-25/h13-14,19H,3-12,15-18H2,1-2H3. The smallest absolute Gasteiger partial charge is 0.167 e. The molecule has 0 N–H and O–H groups in total. The van der Waals surface area contributed by atoms with Crippen LogP contribution in [-0.4, -0.2) is 36.9 Å². The number of ketones is 1. The first-order valence-corrected chi connectivity index (χ1v) is 11.3. The van der Waals surface area contributed by atoms with E-state index >= 15 is 0 Å². The van der Waals surface area contributed by atoms with Crippen LogP contribution in [0.15, 0.2) is 12.1 Å². The summed E-state index contributed by atoms with van der Waals surface area (Å²) in [5.41, 5.74) is 3.59. The number of nitrogens with zero attached hydrogens (tertiary/aromatic N) is 1. The topological polar surface area (TPSA) is 29.5 Å². The Balaban J connectivity index is 1.76. The number of benzene rings is 1. The first kappa shape index (κ1) is 20.4. The van der Waals surface area contributed by atoms with Crippen molar-refractivity contribution in [1.29, 1.82) is 0 Å². The van der Waals surface area contributed by atoms with Crippen LogP contribution in [0.2, 0.25) is 0 Å². The van der Waals surface area contributed by atoms with Crippen molar-refractivity contribution in [1.82, 2.24) is 4.90 Å². The molecule has 27 heavy (non-hydrogen) atoms. The number of carbonyl (C=O) groups excluding carboxylic acids is 1. The molecule has 1 aromatic carbocycles. The van der Waals surface area contributed by atoms with Crippen molar-refractivity contribution in [2.75, 3.05) is 26.2 Å². The van der Waals surface area contributed by atoms with E-state index in [2.05, 4.69) is 30.9 Å². The zero-order chi connectivity index (χ0) is 19.1. The number of likely N-dealkylation sites (tertiary alicyclic amines) is 1. The maximum atomic E-state index is 13.4. The third-order valence-electron chi connectivity index (χ3n) is 6.30. The summed E-state index contributed by atoms with van der Waals surface area (Å²) in [6.45, 7) is 8.42. The minimum Gasteiger partial charge on any atom is -0.493 e. The van der Waals surface area contributed by atoms with Gasteiger partial charge in [0, 0.05) is 18.0 Å². The van der Waals surface area contributed by atoms with Crippen LogP contribution < -0.4 is 4.74 Å². The SMILES string of the molecule is CCCCCOc1ccc(C(=O)C(CC)CN2CCCC2)c2c1CCCC2. The van der Waals surface area contributed by atoms with Gasteiger partial charge in [0.1, 0.15) is 5.75 Å². The van der Waals surface area contributed by atoms with Gasteiger partial charge in [0.15, 0.2) is 5.78 Å². The lowest BCUT2D eigenvalue weighted by Crippen LogP contribution is -2.31. The fraction of sp³-hybridized carbons (Fsp3) is 0.708. The maximum Gasteiger partial charge on any atom is 0.167 e. The first-order valence-electron chi connectivity index (χ1n) is 11.3. The molecule has 1 aliphatic heterocycles. The minimum atomic E-state index is 0.130. The molecule has 150 valence electrons. The normalized spacial score (nSPS) is 18.3. The largest absolute Gasteiger partial charge is 0.493 e. The number of hydrogen-bond acceptors (Lipinski definition) is 3. The quantitative estimate of drug-likeness (QED) is 0.405. The van der Waals surface area contributed by atoms with Crippen molar-refractivity contribution in [2.45, 2.75) is 78.1 Å². The molecule has 0 saturated carbocycles. The molecule has 3 rings (SSSR count). The average Bonchev–Trinajstić information content (AvgIpc) is 3.22. The van der Waals surface area contributed by atoms with E-state index in [1.54, 1.807) is 0 Å². The highest BCUT2D eigenvalue weighted by atomic mass is 16.5. The van der Waals surface area contributed by atoms with Gasteiger partial charge in [0.2, 0.25) is 0 Å². The molecule has 2 aliphatic rings. The molecule has 0 aromatic heterocycles. The van der Waals surface area contributed by atoms with E-state index < -0.39 is 0 Å². The summed E-state index contributed by atoms with van der Waals surface area (Å²) in [7, 11) is 0. The Morgan fingerprint density at radius 1 is 1.04 bits per heavy atom. The van der Waals surface area contributed by atoms with E-state index in [4.69, 9.17) is 4.74 Å². The highest BCUT2D eigenvalue weighted by Crippen LogP contribution is 2.34. The Bertz CT molecular complexity index is 619. The van der Waals surface area contributed by atoms with Gasteiger partial charge in [-0.25, -0.2) is 0 Å². The van der Waals surface area contributed by atoms with Crippen LogP contribution >= 0.6 is 0 Å². The van der Waals surface area contributed by atoms with Crippen molar-refractivity contribution < 1.29 is 9.53 Å². The molecule has 1 atom stereocenters. The van der Waals surface area contributed by atoms with Gasteiger partial charge in [-0.2, -0.15) is 0 Å². The van der Waals surface area contributed by atoms with Gasteiger partial charge in [0.05, 0.1) is 6.61 Å². The molecule has 0 amide bonds. The molecule has 0 spiro atoms. The number of unbranched alkanes of at least 4 members (excludes halogenated alkanes) is 2. The van der Waals surface area contributed by atoms with Crippen molar-refractivity contribution >= 4 is 5.78 Å². The van der Waals surface area contributed by atoms with Crippen LogP contribution in [0.4, 0.5) is 0 Å². The Morgan fingerprint density at radius 3 is 2.48 bits per heavy atom. The Morgan fingerprint density at radius 2 is 1.78 bits per heavy atom. The summed E-state index contributed by atoms with van der Waals surface area (Å²) in [5, 5.41) is 0. The van der Waals surface area contributed by atoms with Crippen molar-refractivity contribution in [3.05, 3.63) is 28.8 Å². The van der Waals surface area contributed by atoms with E-state index in [-0.39, 0.29) is 5.92 Å². The lowest BCUT2D eigenvalue weighted by Gasteiger charge is -2.26. The third-order valence-corrected chi connectivity index (χ3v) is 6.30. The Labute approximate surface area is 165 Å². The van der Waals surface area contributed by atoms with E-state index in [1.807, 2.05) is 0 Å². The lowest BCUT2D eigenvalue weighted by molar-refractivity contribution is 0.0884. The van der Waals surface area contributed by atoms with Gasteiger partial charge < -0.3 is 9.64 Å². The van der Waals surface area contributed by atoms with Crippen LogP contribution in [0.5, 0.6) is 5.75 Å². The molecular formula is C24H37NO2. The summed E-state index contributed by atoms with van der Waals surface area (Å²) in [5.74, 6) is 1.52. The molecule has 3 heteroatoms. The second-order valence-corrected chi connectivity index (χ2v) is 8.31. The fourth-order valence-corrected chi connectivity index (χ4v) is 4.63. The molecular weight excluding hydrogens is 334 g/mol. The van der Waals surface area contributed by atoms with Crippen molar-refractivity contribution in [3.63, 3.8) is 0 Å². The van der Waals surface area contributed by atoms with Gasteiger partial charge in [-0.15, -0.1) is 0 Å². The molecule has 1 unspecified atom stereocenters. The predicted molar refractivity (Wildman–Crippen MR) is 112 cm³/mol. The van der Waals surface area contributed by atoms with Crippen LogP contribution in [0.25, 0.3) is 0 Å². The summed E-state index contributed by atoms with van der Waals surface area (Å²) in [6.07, 6.45) is 11.5. The molecule has 3 nitrogen and oxygen atoms in total. The first-order chi connectivity index (χ1) is 13.2. The Hall–Kier alpha value is -1.35. The minimum absolute atomic E-state index is 0.130. The van der Waals surface area contributed by atoms with Gasteiger partial charge in [-0.05, 0) is 87.7 Å². The summed E-state index contributed by atoms with van der Waals surface area (Å²) >= 11 is 0. The van der Waals surface area contributed by atoms with Crippen LogP contribution in [0.1, 0.15) is 86.7 Å². The van der Waals surface area contributed by atoms with E-state index in [1.165, 1.54) is 49.7 Å². The summed E-state index contributed by atoms with van der Waals surface area (Å²) in [6, 6.07) is 4.14. The fourth-order valence-electron chi connectivity index (χ4n) is 4.63. The van der Waals surface area contributed by atoms with Crippen molar-refractivity contribution in [2.24, 2.45) is 5.92 Å². The average molecular weight is 372 g/mol. The number of hydrogen-bond donors (Lipinski definition) is 0. The van der Waals surface area contributed by atoms with Gasteiger partial charge >= 0.3 is 0 Å². The molecule has 1 heterocycles. The molecule has 1 fully saturated rings. The summed E-state index contributed by atoms with van der Waals surface area (Å²) in [4.78, 5) is 15.9. The van der Waals surface area contributed by atoms with Crippen LogP contribution in [0.3, 0.4) is 0 Å². The molecule has 1 saturated heterocycles.